The molecule has 0 aromatic carbocycles. The third-order valence-electron chi connectivity index (χ3n) is 4.22. The van der Waals surface area contributed by atoms with Crippen LogP contribution in [0.3, 0.4) is 0 Å². The van der Waals surface area contributed by atoms with Gasteiger partial charge in [0.15, 0.2) is 0 Å². The first-order valence-electron chi connectivity index (χ1n) is 7.02. The zero-order valence-corrected chi connectivity index (χ0v) is 12.5. The van der Waals surface area contributed by atoms with E-state index < -0.39 is 5.54 Å². The van der Waals surface area contributed by atoms with Crippen LogP contribution in [0.25, 0.3) is 0 Å². The Morgan fingerprint density at radius 3 is 2.33 bits per heavy atom. The Morgan fingerprint density at radius 1 is 1.44 bits per heavy atom. The van der Waals surface area contributed by atoms with Gasteiger partial charge in [0.25, 0.3) is 0 Å². The van der Waals surface area contributed by atoms with Crippen molar-refractivity contribution in [2.75, 3.05) is 20.6 Å². The Kier molecular flexibility index (Phi) is 5.17. The highest BCUT2D eigenvalue weighted by molar-refractivity contribution is 5.86. The number of nitrogens with one attached hydrogen (secondary N) is 1. The Morgan fingerprint density at radius 2 is 2.00 bits per heavy atom. The second-order valence-corrected chi connectivity index (χ2v) is 6.25. The maximum atomic E-state index is 11.8. The summed E-state index contributed by atoms with van der Waals surface area (Å²) in [4.78, 5) is 14.1. The summed E-state index contributed by atoms with van der Waals surface area (Å²) in [5.41, 5.74) is 5.10. The monoisotopic (exact) mass is 255 g/mol. The average molecular weight is 255 g/mol. The SMILES string of the molecule is CNC(CN(C)C(C)CC(C)C)(C(N)=O)C1CC1. The van der Waals surface area contributed by atoms with Gasteiger partial charge in [-0.15, -0.1) is 0 Å². The lowest BCUT2D eigenvalue weighted by molar-refractivity contribution is -0.126. The second kappa shape index (κ2) is 6.02. The van der Waals surface area contributed by atoms with E-state index >= 15 is 0 Å². The van der Waals surface area contributed by atoms with E-state index in [2.05, 4.69) is 38.0 Å². The van der Waals surface area contributed by atoms with Gasteiger partial charge in [0.1, 0.15) is 5.54 Å². The Hall–Kier alpha value is -0.610. The van der Waals surface area contributed by atoms with Gasteiger partial charge in [-0.2, -0.15) is 0 Å². The fourth-order valence-electron chi connectivity index (χ4n) is 2.80. The van der Waals surface area contributed by atoms with Crippen LogP contribution >= 0.6 is 0 Å². The van der Waals surface area contributed by atoms with Gasteiger partial charge in [-0.3, -0.25) is 4.79 Å². The zero-order valence-electron chi connectivity index (χ0n) is 12.5. The summed E-state index contributed by atoms with van der Waals surface area (Å²) in [6, 6.07) is 0.468. The van der Waals surface area contributed by atoms with Gasteiger partial charge in [0.2, 0.25) is 5.91 Å². The van der Waals surface area contributed by atoms with Gasteiger partial charge in [-0.25, -0.2) is 0 Å². The smallest absolute Gasteiger partial charge is 0.239 e. The van der Waals surface area contributed by atoms with Gasteiger partial charge in [-0.05, 0) is 52.1 Å². The van der Waals surface area contributed by atoms with Crippen molar-refractivity contribution in [1.29, 1.82) is 0 Å². The van der Waals surface area contributed by atoms with E-state index in [1.54, 1.807) is 0 Å². The van der Waals surface area contributed by atoms with Crippen LogP contribution in [0.15, 0.2) is 0 Å². The molecule has 1 aliphatic rings. The van der Waals surface area contributed by atoms with Gasteiger partial charge >= 0.3 is 0 Å². The molecule has 106 valence electrons. The molecule has 0 aromatic rings. The number of carbonyl (C=O) groups excluding carboxylic acids is 1. The van der Waals surface area contributed by atoms with Gasteiger partial charge in [0.05, 0.1) is 0 Å². The van der Waals surface area contributed by atoms with Crippen LogP contribution in [0, 0.1) is 11.8 Å². The van der Waals surface area contributed by atoms with E-state index in [0.29, 0.717) is 24.4 Å². The summed E-state index contributed by atoms with van der Waals surface area (Å²) in [7, 11) is 3.94. The fourth-order valence-corrected chi connectivity index (χ4v) is 2.80. The molecule has 18 heavy (non-hydrogen) atoms. The van der Waals surface area contributed by atoms with E-state index in [4.69, 9.17) is 5.73 Å². The molecular weight excluding hydrogens is 226 g/mol. The number of hydrogen-bond donors (Lipinski definition) is 2. The fraction of sp³-hybridized carbons (Fsp3) is 0.929. The number of amides is 1. The number of primary amides is 1. The minimum Gasteiger partial charge on any atom is -0.368 e. The lowest BCUT2D eigenvalue weighted by Gasteiger charge is -2.37. The maximum Gasteiger partial charge on any atom is 0.239 e. The molecule has 0 heterocycles. The molecular formula is C14H29N3O. The van der Waals surface area contributed by atoms with Crippen molar-refractivity contribution in [3.8, 4) is 0 Å². The number of likely N-dealkylation sites (N-methyl/N-ethyl adjacent to an activating group) is 2. The maximum absolute atomic E-state index is 11.8. The molecule has 0 radical (unpaired) electrons. The van der Waals surface area contributed by atoms with Crippen LogP contribution in [-0.2, 0) is 4.79 Å². The highest BCUT2D eigenvalue weighted by Gasteiger charge is 2.49. The molecule has 3 N–H and O–H groups in total. The number of rotatable bonds is 8. The molecule has 0 saturated heterocycles. The van der Waals surface area contributed by atoms with Crippen LogP contribution in [-0.4, -0.2) is 43.0 Å². The Balaban J connectivity index is 2.68. The largest absolute Gasteiger partial charge is 0.368 e. The first-order valence-corrected chi connectivity index (χ1v) is 7.02. The van der Waals surface area contributed by atoms with E-state index in [1.165, 1.54) is 0 Å². The van der Waals surface area contributed by atoms with Crippen molar-refractivity contribution in [2.45, 2.75) is 51.6 Å². The lowest BCUT2D eigenvalue weighted by atomic mass is 9.90. The zero-order chi connectivity index (χ0) is 13.9. The van der Waals surface area contributed by atoms with E-state index in [0.717, 1.165) is 19.3 Å². The lowest BCUT2D eigenvalue weighted by Crippen LogP contribution is -2.62. The van der Waals surface area contributed by atoms with Gasteiger partial charge in [-0.1, -0.05) is 13.8 Å². The minimum absolute atomic E-state index is 0.212. The standard InChI is InChI=1S/C14H29N3O/c1-10(2)8-11(3)17(5)9-14(16-4,13(15)18)12-6-7-12/h10-12,16H,6-9H2,1-5H3,(H2,15,18). The summed E-state index contributed by atoms with van der Waals surface area (Å²) in [5.74, 6) is 0.866. The molecule has 1 rings (SSSR count). The van der Waals surface area contributed by atoms with Crippen molar-refractivity contribution in [2.24, 2.45) is 17.6 Å². The van der Waals surface area contributed by atoms with Crippen LogP contribution in [0.5, 0.6) is 0 Å². The number of nitrogens with zero attached hydrogens (tertiary/aromatic N) is 1. The second-order valence-electron chi connectivity index (χ2n) is 6.25. The molecule has 1 aliphatic carbocycles. The molecule has 0 spiro atoms. The topological polar surface area (TPSA) is 58.4 Å². The Labute approximate surface area is 111 Å². The van der Waals surface area contributed by atoms with Crippen LogP contribution in [0.1, 0.15) is 40.0 Å². The van der Waals surface area contributed by atoms with Gasteiger partial charge in [0, 0.05) is 12.6 Å². The number of hydrogen-bond acceptors (Lipinski definition) is 3. The Bertz CT molecular complexity index is 289. The van der Waals surface area contributed by atoms with Crippen molar-refractivity contribution in [1.82, 2.24) is 10.2 Å². The number of carbonyl (C=O) groups is 1. The highest BCUT2D eigenvalue weighted by Crippen LogP contribution is 2.40. The summed E-state index contributed by atoms with van der Waals surface area (Å²) in [6.45, 7) is 7.38. The van der Waals surface area contributed by atoms with Crippen LogP contribution in [0.4, 0.5) is 0 Å². The molecule has 0 aliphatic heterocycles. The molecule has 2 atom stereocenters. The summed E-state index contributed by atoms with van der Waals surface area (Å²) >= 11 is 0. The van der Waals surface area contributed by atoms with E-state index in [9.17, 15) is 4.79 Å². The normalized spacial score (nSPS) is 21.1. The van der Waals surface area contributed by atoms with Crippen molar-refractivity contribution >= 4 is 5.91 Å². The third kappa shape index (κ3) is 3.45. The molecule has 1 fully saturated rings. The highest BCUT2D eigenvalue weighted by atomic mass is 16.1. The molecule has 2 unspecified atom stereocenters. The van der Waals surface area contributed by atoms with Gasteiger partial charge < -0.3 is 16.0 Å². The molecule has 0 bridgehead atoms. The first kappa shape index (κ1) is 15.4. The van der Waals surface area contributed by atoms with Crippen LogP contribution in [0.2, 0.25) is 0 Å². The predicted molar refractivity (Wildman–Crippen MR) is 75.3 cm³/mol. The van der Waals surface area contributed by atoms with Crippen molar-refractivity contribution in [3.05, 3.63) is 0 Å². The van der Waals surface area contributed by atoms with Crippen molar-refractivity contribution in [3.63, 3.8) is 0 Å². The van der Waals surface area contributed by atoms with E-state index in [1.807, 2.05) is 7.05 Å². The van der Waals surface area contributed by atoms with Crippen LogP contribution < -0.4 is 11.1 Å². The molecule has 1 amide bonds. The quantitative estimate of drug-likeness (QED) is 0.685. The molecule has 1 saturated carbocycles. The summed E-state index contributed by atoms with van der Waals surface area (Å²) in [6.07, 6.45) is 3.35. The average Bonchev–Trinajstić information content (AvgIpc) is 3.08. The van der Waals surface area contributed by atoms with E-state index in [-0.39, 0.29) is 5.91 Å². The summed E-state index contributed by atoms with van der Waals surface area (Å²) < 4.78 is 0. The number of nitrogens with two attached hydrogens (primary N) is 1. The third-order valence-corrected chi connectivity index (χ3v) is 4.22. The molecule has 0 aromatic heterocycles. The summed E-state index contributed by atoms with van der Waals surface area (Å²) in [5, 5.41) is 3.20. The molecule has 4 nitrogen and oxygen atoms in total. The first-order chi connectivity index (χ1) is 8.33. The van der Waals surface area contributed by atoms with Crippen molar-refractivity contribution < 1.29 is 4.79 Å². The molecule has 4 heteroatoms. The minimum atomic E-state index is -0.542. The predicted octanol–water partition coefficient (Wildman–Crippen LogP) is 1.21.